The van der Waals surface area contributed by atoms with Gasteiger partial charge in [-0.25, -0.2) is 4.39 Å². The average Bonchev–Trinajstić information content (AvgIpc) is 2.91. The van der Waals surface area contributed by atoms with Crippen molar-refractivity contribution in [3.05, 3.63) is 35.1 Å². The molecule has 0 atom stereocenters. The molecule has 21 heavy (non-hydrogen) atoms. The van der Waals surface area contributed by atoms with E-state index in [1.807, 2.05) is 0 Å². The number of piperazine rings is 1. The second-order valence-electron chi connectivity index (χ2n) is 5.31. The quantitative estimate of drug-likeness (QED) is 0.785. The molecule has 1 saturated heterocycles. The number of furan rings is 1. The Morgan fingerprint density at radius 2 is 1.67 bits per heavy atom. The molecule has 2 amide bonds. The summed E-state index contributed by atoms with van der Waals surface area (Å²) in [7, 11) is 0. The van der Waals surface area contributed by atoms with Crippen molar-refractivity contribution in [1.29, 1.82) is 0 Å². The van der Waals surface area contributed by atoms with Crippen molar-refractivity contribution in [2.45, 2.75) is 20.8 Å². The zero-order chi connectivity index (χ0) is 15.6. The molecule has 114 valence electrons. The second-order valence-corrected chi connectivity index (χ2v) is 5.31. The van der Waals surface area contributed by atoms with Crippen LogP contribution in [0.25, 0.3) is 0 Å². The Bertz CT molecular complexity index is 579. The van der Waals surface area contributed by atoms with Crippen LogP contribution in [0.1, 0.15) is 30.2 Å². The lowest BCUT2D eigenvalue weighted by molar-refractivity contribution is -0.130. The summed E-state index contributed by atoms with van der Waals surface area (Å²) in [4.78, 5) is 27.1. The van der Waals surface area contributed by atoms with E-state index in [0.29, 0.717) is 43.3 Å². The molecule has 1 aromatic heterocycles. The molecule has 1 aliphatic rings. The van der Waals surface area contributed by atoms with Crippen LogP contribution in [-0.2, 0) is 4.79 Å². The third-order valence-corrected chi connectivity index (χ3v) is 3.43. The molecule has 2 heterocycles. The molecule has 0 unspecified atom stereocenters. The van der Waals surface area contributed by atoms with Gasteiger partial charge in [-0.05, 0) is 38.5 Å². The fraction of sp³-hybridized carbons (Fsp3) is 0.467. The van der Waals surface area contributed by atoms with Crippen molar-refractivity contribution in [2.24, 2.45) is 0 Å². The van der Waals surface area contributed by atoms with Gasteiger partial charge in [-0.2, -0.15) is 0 Å². The predicted octanol–water partition coefficient (Wildman–Crippen LogP) is 2.14. The molecule has 1 aromatic rings. The van der Waals surface area contributed by atoms with E-state index < -0.39 is 11.7 Å². The van der Waals surface area contributed by atoms with Crippen molar-refractivity contribution in [1.82, 2.24) is 9.80 Å². The first-order valence-electron chi connectivity index (χ1n) is 6.88. The van der Waals surface area contributed by atoms with Gasteiger partial charge in [-0.3, -0.25) is 9.59 Å². The summed E-state index contributed by atoms with van der Waals surface area (Å²) in [6.45, 7) is 6.30. The van der Waals surface area contributed by atoms with E-state index in [-0.39, 0.29) is 5.91 Å². The number of hydrogen-bond acceptors (Lipinski definition) is 3. The molecule has 0 radical (unpaired) electrons. The Balaban J connectivity index is 1.96. The average molecular weight is 294 g/mol. The lowest BCUT2D eigenvalue weighted by atomic mass is 10.2. The third kappa shape index (κ3) is 3.32. The van der Waals surface area contributed by atoms with Gasteiger partial charge in [0.05, 0.1) is 0 Å². The minimum absolute atomic E-state index is 0.196. The Morgan fingerprint density at radius 1 is 1.10 bits per heavy atom. The van der Waals surface area contributed by atoms with Crippen LogP contribution in [0.5, 0.6) is 0 Å². The summed E-state index contributed by atoms with van der Waals surface area (Å²) in [5.74, 6) is -0.536. The number of aryl methyl sites for hydroxylation is 1. The van der Waals surface area contributed by atoms with E-state index in [2.05, 4.69) is 0 Å². The summed E-state index contributed by atoms with van der Waals surface area (Å²) in [6, 6.07) is 3.37. The fourth-order valence-corrected chi connectivity index (χ4v) is 2.17. The van der Waals surface area contributed by atoms with Crippen LogP contribution in [0.2, 0.25) is 0 Å². The Morgan fingerprint density at radius 3 is 2.14 bits per heavy atom. The van der Waals surface area contributed by atoms with E-state index in [9.17, 15) is 14.0 Å². The summed E-state index contributed by atoms with van der Waals surface area (Å²) in [6.07, 6.45) is 0. The van der Waals surface area contributed by atoms with Crippen LogP contribution in [-0.4, -0.2) is 47.8 Å². The SMILES string of the molecule is CC(C)=C(F)C(=O)N1CCN(C(=O)c2ccc(C)o2)CC1. The number of nitrogens with zero attached hydrogens (tertiary/aromatic N) is 2. The van der Waals surface area contributed by atoms with Gasteiger partial charge in [0.15, 0.2) is 11.6 Å². The topological polar surface area (TPSA) is 53.8 Å². The smallest absolute Gasteiger partial charge is 0.289 e. The molecule has 0 aliphatic carbocycles. The zero-order valence-corrected chi connectivity index (χ0v) is 12.5. The Kier molecular flexibility index (Phi) is 4.45. The molecule has 0 saturated carbocycles. The first-order valence-corrected chi connectivity index (χ1v) is 6.88. The number of halogens is 1. The van der Waals surface area contributed by atoms with E-state index >= 15 is 0 Å². The highest BCUT2D eigenvalue weighted by atomic mass is 19.1. The molecule has 0 bridgehead atoms. The number of amides is 2. The highest BCUT2D eigenvalue weighted by Crippen LogP contribution is 2.15. The van der Waals surface area contributed by atoms with Crippen molar-refractivity contribution >= 4 is 11.8 Å². The van der Waals surface area contributed by atoms with E-state index in [1.54, 1.807) is 37.8 Å². The van der Waals surface area contributed by atoms with E-state index in [0.717, 1.165) is 0 Å². The highest BCUT2D eigenvalue weighted by Gasteiger charge is 2.28. The third-order valence-electron chi connectivity index (χ3n) is 3.43. The normalized spacial score (nSPS) is 15.0. The molecular formula is C15H19FN2O3. The first kappa shape index (κ1) is 15.3. The van der Waals surface area contributed by atoms with Crippen LogP contribution in [0, 0.1) is 6.92 Å². The summed E-state index contributed by atoms with van der Waals surface area (Å²) < 4.78 is 18.9. The van der Waals surface area contributed by atoms with Crippen LogP contribution < -0.4 is 0 Å². The van der Waals surface area contributed by atoms with Gasteiger partial charge in [0, 0.05) is 26.2 Å². The van der Waals surface area contributed by atoms with Crippen molar-refractivity contribution in [2.75, 3.05) is 26.2 Å². The largest absolute Gasteiger partial charge is 0.456 e. The maximum Gasteiger partial charge on any atom is 0.289 e. The van der Waals surface area contributed by atoms with Gasteiger partial charge in [0.25, 0.3) is 11.8 Å². The minimum Gasteiger partial charge on any atom is -0.456 e. The number of hydrogen-bond donors (Lipinski definition) is 0. The number of rotatable bonds is 2. The molecule has 6 heteroatoms. The molecule has 0 spiro atoms. The van der Waals surface area contributed by atoms with E-state index in [4.69, 9.17) is 4.42 Å². The van der Waals surface area contributed by atoms with Crippen LogP contribution in [0.15, 0.2) is 27.9 Å². The standard InChI is InChI=1S/C15H19FN2O3/c1-10(2)13(16)15(20)18-8-6-17(7-9-18)14(19)12-5-4-11(3)21-12/h4-5H,6-9H2,1-3H3. The minimum atomic E-state index is -0.712. The Hall–Kier alpha value is -2.11. The maximum atomic E-state index is 13.6. The first-order chi connectivity index (χ1) is 9.90. The van der Waals surface area contributed by atoms with Gasteiger partial charge in [-0.15, -0.1) is 0 Å². The van der Waals surface area contributed by atoms with Crippen molar-refractivity contribution in [3.63, 3.8) is 0 Å². The van der Waals surface area contributed by atoms with E-state index in [1.165, 1.54) is 4.90 Å². The monoisotopic (exact) mass is 294 g/mol. The van der Waals surface area contributed by atoms with Crippen LogP contribution in [0.3, 0.4) is 0 Å². The molecule has 0 N–H and O–H groups in total. The number of carbonyl (C=O) groups is 2. The van der Waals surface area contributed by atoms with Gasteiger partial charge in [-0.1, -0.05) is 0 Å². The van der Waals surface area contributed by atoms with Crippen molar-refractivity contribution in [3.8, 4) is 0 Å². The van der Waals surface area contributed by atoms with Crippen molar-refractivity contribution < 1.29 is 18.4 Å². The maximum absolute atomic E-state index is 13.6. The molecule has 5 nitrogen and oxygen atoms in total. The van der Waals surface area contributed by atoms with Crippen LogP contribution in [0.4, 0.5) is 4.39 Å². The van der Waals surface area contributed by atoms with Gasteiger partial charge >= 0.3 is 0 Å². The highest BCUT2D eigenvalue weighted by molar-refractivity contribution is 5.93. The van der Waals surface area contributed by atoms with Gasteiger partial charge < -0.3 is 14.2 Å². The van der Waals surface area contributed by atoms with Crippen LogP contribution >= 0.6 is 0 Å². The molecule has 2 rings (SSSR count). The summed E-state index contributed by atoms with van der Waals surface area (Å²) >= 11 is 0. The Labute approximate surface area is 123 Å². The summed E-state index contributed by atoms with van der Waals surface area (Å²) in [5, 5.41) is 0. The second kappa shape index (κ2) is 6.11. The fourth-order valence-electron chi connectivity index (χ4n) is 2.17. The molecule has 1 aliphatic heterocycles. The lowest BCUT2D eigenvalue weighted by Crippen LogP contribution is -2.50. The number of allylic oxidation sites excluding steroid dienone is 1. The zero-order valence-electron chi connectivity index (χ0n) is 12.5. The predicted molar refractivity (Wildman–Crippen MR) is 75.4 cm³/mol. The molecule has 0 aromatic carbocycles. The van der Waals surface area contributed by atoms with Gasteiger partial charge in [0.1, 0.15) is 5.76 Å². The molecular weight excluding hydrogens is 275 g/mol. The van der Waals surface area contributed by atoms with Gasteiger partial charge in [0.2, 0.25) is 0 Å². The summed E-state index contributed by atoms with van der Waals surface area (Å²) in [5.41, 5.74) is 0.365. The number of carbonyl (C=O) groups excluding carboxylic acids is 2. The molecule has 1 fully saturated rings. The lowest BCUT2D eigenvalue weighted by Gasteiger charge is -2.34.